The molecule has 5 fully saturated rings. The largest absolute Gasteiger partial charge is 0.390 e. The summed E-state index contributed by atoms with van der Waals surface area (Å²) >= 11 is 6.91. The smallest absolute Gasteiger partial charge is 0.223 e. The van der Waals surface area contributed by atoms with Crippen LogP contribution in [0.1, 0.15) is 45.4 Å². The van der Waals surface area contributed by atoms with Gasteiger partial charge in [0.25, 0.3) is 0 Å². The van der Waals surface area contributed by atoms with E-state index in [1.165, 1.54) is 0 Å². The molecule has 0 radical (unpaired) electrons. The highest BCUT2D eigenvalue weighted by atomic mass is 35.5. The molecule has 0 spiro atoms. The Balaban J connectivity index is 0.972. The molecule has 5 rings (SSSR count). The van der Waals surface area contributed by atoms with Crippen LogP contribution in [0, 0.1) is 17.8 Å². The summed E-state index contributed by atoms with van der Waals surface area (Å²) in [5, 5.41) is 23.9. The summed E-state index contributed by atoms with van der Waals surface area (Å²) in [4.78, 5) is 28.9. The second-order valence-corrected chi connectivity index (χ2v) is 12.9. The number of β-amino-alcohol motifs (C(OH)–C–C–N with tert-alkyl or cyclic N) is 1. The van der Waals surface area contributed by atoms with E-state index >= 15 is 0 Å². The van der Waals surface area contributed by atoms with Crippen LogP contribution in [0.2, 0.25) is 0 Å². The summed E-state index contributed by atoms with van der Waals surface area (Å²) in [6.45, 7) is 8.84. The van der Waals surface area contributed by atoms with Gasteiger partial charge in [0.05, 0.1) is 43.2 Å². The number of carbonyl (C=O) groups excluding carboxylic acids is 2. The highest BCUT2D eigenvalue weighted by Crippen LogP contribution is 2.40. The van der Waals surface area contributed by atoms with Crippen LogP contribution in [-0.4, -0.2) is 128 Å². The summed E-state index contributed by atoms with van der Waals surface area (Å²) in [6.07, 6.45) is 4.77. The molecular formula is C28H49ClN6O5. The molecule has 7 unspecified atom stereocenters. The maximum atomic E-state index is 12.9. The molecule has 0 aromatic carbocycles. The van der Waals surface area contributed by atoms with E-state index in [1.807, 2.05) is 11.8 Å². The first kappa shape index (κ1) is 30.4. The van der Waals surface area contributed by atoms with Crippen LogP contribution >= 0.6 is 11.6 Å². The third-order valence-electron chi connectivity index (χ3n) is 9.48. The van der Waals surface area contributed by atoms with Crippen LogP contribution < -0.4 is 21.3 Å². The number of aliphatic hydroxyl groups is 1. The van der Waals surface area contributed by atoms with Crippen LogP contribution in [0.25, 0.3) is 0 Å². The second-order valence-electron chi connectivity index (χ2n) is 12.4. The minimum absolute atomic E-state index is 0.0181. The molecular weight excluding hydrogens is 536 g/mol. The molecule has 0 bridgehead atoms. The molecule has 40 heavy (non-hydrogen) atoms. The van der Waals surface area contributed by atoms with Crippen molar-refractivity contribution in [2.24, 2.45) is 17.8 Å². The molecule has 8 atom stereocenters. The van der Waals surface area contributed by atoms with E-state index in [0.717, 1.165) is 65.0 Å². The van der Waals surface area contributed by atoms with Gasteiger partial charge in [0.2, 0.25) is 11.8 Å². The third kappa shape index (κ3) is 7.86. The molecule has 4 aliphatic heterocycles. The lowest BCUT2D eigenvalue weighted by atomic mass is 9.73. The fourth-order valence-electron chi connectivity index (χ4n) is 7.10. The molecule has 0 aromatic rings. The molecule has 5 N–H and O–H groups in total. The van der Waals surface area contributed by atoms with Crippen molar-refractivity contribution >= 4 is 23.4 Å². The second kappa shape index (κ2) is 14.4. The number of piperidine rings is 2. The standard InChI is InChI=1S/C28H49ClN6O5/c1-2-26(37)35-13-20(14-35)33-25-9-18(5-7-31-25)28(38)32-10-21(36)15-34-8-6-23-19(12-34)3-4-24(27(23)29)39-16-22-11-30-17-40-22/h18-25,27,30-31,33,36H,2-17H2,1H3,(H,32,38)/t18?,19?,21-,22?,23?,24?,25?,27?/m0/s1. The van der Waals surface area contributed by atoms with Crippen LogP contribution in [0.5, 0.6) is 0 Å². The zero-order valence-electron chi connectivity index (χ0n) is 23.9. The van der Waals surface area contributed by atoms with Gasteiger partial charge in [0.1, 0.15) is 0 Å². The van der Waals surface area contributed by atoms with Gasteiger partial charge in [-0.3, -0.25) is 20.2 Å². The number of hydrogen-bond acceptors (Lipinski definition) is 9. The van der Waals surface area contributed by atoms with E-state index in [0.29, 0.717) is 44.6 Å². The summed E-state index contributed by atoms with van der Waals surface area (Å²) in [7, 11) is 0. The van der Waals surface area contributed by atoms with Crippen molar-refractivity contribution < 1.29 is 24.2 Å². The van der Waals surface area contributed by atoms with E-state index in [-0.39, 0.29) is 54.1 Å². The van der Waals surface area contributed by atoms with Crippen molar-refractivity contribution in [1.82, 2.24) is 31.1 Å². The number of rotatable bonds is 11. The Kier molecular flexibility index (Phi) is 11.0. The van der Waals surface area contributed by atoms with E-state index in [2.05, 4.69) is 26.2 Å². The number of nitrogens with one attached hydrogen (secondary N) is 4. The van der Waals surface area contributed by atoms with Gasteiger partial charge in [-0.05, 0) is 57.0 Å². The van der Waals surface area contributed by atoms with Crippen LogP contribution in [0.4, 0.5) is 0 Å². The molecule has 228 valence electrons. The molecule has 12 heteroatoms. The predicted octanol–water partition coefficient (Wildman–Crippen LogP) is -0.330. The van der Waals surface area contributed by atoms with Gasteiger partial charge < -0.3 is 35.0 Å². The van der Waals surface area contributed by atoms with Crippen LogP contribution in [0.15, 0.2) is 0 Å². The Labute approximate surface area is 243 Å². The lowest BCUT2D eigenvalue weighted by Gasteiger charge is -2.46. The number of fused-ring (bicyclic) bond motifs is 1. The van der Waals surface area contributed by atoms with Gasteiger partial charge in [0, 0.05) is 57.6 Å². The normalized spacial score (nSPS) is 36.1. The fourth-order valence-corrected chi connectivity index (χ4v) is 7.63. The number of amides is 2. The Bertz CT molecular complexity index is 844. The molecule has 11 nitrogen and oxygen atoms in total. The number of halogens is 1. The van der Waals surface area contributed by atoms with Gasteiger partial charge in [-0.15, -0.1) is 11.6 Å². The lowest BCUT2D eigenvalue weighted by Crippen LogP contribution is -2.64. The van der Waals surface area contributed by atoms with E-state index in [9.17, 15) is 14.7 Å². The Morgan fingerprint density at radius 2 is 2.05 bits per heavy atom. The molecule has 4 heterocycles. The number of carbonyl (C=O) groups is 2. The van der Waals surface area contributed by atoms with Gasteiger partial charge >= 0.3 is 0 Å². The minimum Gasteiger partial charge on any atom is -0.390 e. The van der Waals surface area contributed by atoms with Crippen LogP contribution in [-0.2, 0) is 19.1 Å². The van der Waals surface area contributed by atoms with Gasteiger partial charge in [0.15, 0.2) is 0 Å². The SMILES string of the molecule is CCC(=O)N1CC(NC2CC(C(=O)NC[C@H](O)CN3CCC4C(CCC(OCC5CNCO5)C4Cl)C3)CCN2)C1. The first-order valence-electron chi connectivity index (χ1n) is 15.4. The first-order chi connectivity index (χ1) is 19.4. The summed E-state index contributed by atoms with van der Waals surface area (Å²) in [5.74, 6) is 1.09. The van der Waals surface area contributed by atoms with Crippen molar-refractivity contribution in [1.29, 1.82) is 0 Å². The predicted molar refractivity (Wildman–Crippen MR) is 152 cm³/mol. The summed E-state index contributed by atoms with van der Waals surface area (Å²) in [5.41, 5.74) is 0. The van der Waals surface area contributed by atoms with Crippen molar-refractivity contribution in [2.75, 3.05) is 65.7 Å². The van der Waals surface area contributed by atoms with Crippen molar-refractivity contribution in [3.8, 4) is 0 Å². The monoisotopic (exact) mass is 584 g/mol. The topological polar surface area (TPSA) is 127 Å². The third-order valence-corrected chi connectivity index (χ3v) is 10.1. The number of likely N-dealkylation sites (tertiary alicyclic amines) is 2. The number of nitrogens with zero attached hydrogens (tertiary/aromatic N) is 2. The van der Waals surface area contributed by atoms with E-state index < -0.39 is 6.10 Å². The zero-order chi connectivity index (χ0) is 28.1. The van der Waals surface area contributed by atoms with Crippen molar-refractivity contribution in [3.05, 3.63) is 0 Å². The van der Waals surface area contributed by atoms with Gasteiger partial charge in [-0.25, -0.2) is 0 Å². The number of hydrogen-bond donors (Lipinski definition) is 5. The van der Waals surface area contributed by atoms with Crippen molar-refractivity contribution in [3.63, 3.8) is 0 Å². The summed E-state index contributed by atoms with van der Waals surface area (Å²) < 4.78 is 11.8. The Morgan fingerprint density at radius 3 is 2.83 bits per heavy atom. The van der Waals surface area contributed by atoms with Gasteiger partial charge in [-0.2, -0.15) is 0 Å². The molecule has 1 aliphatic carbocycles. The minimum atomic E-state index is -0.598. The zero-order valence-corrected chi connectivity index (χ0v) is 24.6. The number of aliphatic hydroxyl groups excluding tert-OH is 1. The lowest BCUT2D eigenvalue weighted by molar-refractivity contribution is -0.135. The molecule has 2 amide bonds. The molecule has 4 saturated heterocycles. The number of ether oxygens (including phenoxy) is 2. The van der Waals surface area contributed by atoms with Crippen molar-refractivity contribution in [2.45, 2.75) is 81.3 Å². The first-order valence-corrected chi connectivity index (χ1v) is 15.9. The van der Waals surface area contributed by atoms with Crippen LogP contribution in [0.3, 0.4) is 0 Å². The fraction of sp³-hybridized carbons (Fsp3) is 0.929. The molecule has 0 aromatic heterocycles. The van der Waals surface area contributed by atoms with E-state index in [4.69, 9.17) is 21.1 Å². The average Bonchev–Trinajstić information content (AvgIpc) is 3.46. The summed E-state index contributed by atoms with van der Waals surface area (Å²) in [6, 6.07) is 0.279. The Hall–Kier alpha value is -1.05. The van der Waals surface area contributed by atoms with E-state index in [1.54, 1.807) is 0 Å². The number of alkyl halides is 1. The molecule has 1 saturated carbocycles. The maximum absolute atomic E-state index is 12.9. The van der Waals surface area contributed by atoms with Gasteiger partial charge in [-0.1, -0.05) is 6.92 Å². The highest BCUT2D eigenvalue weighted by molar-refractivity contribution is 6.21. The average molecular weight is 585 g/mol. The maximum Gasteiger partial charge on any atom is 0.223 e. The Morgan fingerprint density at radius 1 is 1.20 bits per heavy atom. The quantitative estimate of drug-likeness (QED) is 0.207. The molecule has 5 aliphatic rings. The highest BCUT2D eigenvalue weighted by Gasteiger charge is 2.42.